The van der Waals surface area contributed by atoms with Gasteiger partial charge >= 0.3 is 17.8 Å². The first-order chi connectivity index (χ1) is 12.6. The highest BCUT2D eigenvalue weighted by Crippen LogP contribution is 2.37. The van der Waals surface area contributed by atoms with Crippen molar-refractivity contribution in [1.82, 2.24) is 9.38 Å². The number of imidazole rings is 1. The molecule has 0 saturated carbocycles. The number of nitro groups is 1. The highest BCUT2D eigenvalue weighted by Gasteiger charge is 2.26. The average molecular weight is 411 g/mol. The molecule has 27 heavy (non-hydrogen) atoms. The molecular formula is C16H15ClN4O5S. The monoisotopic (exact) mass is 410 g/mol. The molecule has 2 aromatic heterocycles. The maximum atomic E-state index is 11.8. The third-order valence-electron chi connectivity index (χ3n) is 3.16. The summed E-state index contributed by atoms with van der Waals surface area (Å²) in [5, 5.41) is 15.7. The number of anilines is 1. The van der Waals surface area contributed by atoms with Crippen molar-refractivity contribution < 1.29 is 19.2 Å². The summed E-state index contributed by atoms with van der Waals surface area (Å²) in [6.45, 7) is 5.25. The zero-order valence-electron chi connectivity index (χ0n) is 14.6. The maximum absolute atomic E-state index is 11.8. The van der Waals surface area contributed by atoms with E-state index in [4.69, 9.17) is 21.1 Å². The van der Waals surface area contributed by atoms with Gasteiger partial charge in [0.25, 0.3) is 4.96 Å². The van der Waals surface area contributed by atoms with Crippen LogP contribution < -0.4 is 10.1 Å². The van der Waals surface area contributed by atoms with Gasteiger partial charge in [0.2, 0.25) is 0 Å². The molecule has 0 saturated heterocycles. The number of amides is 1. The van der Waals surface area contributed by atoms with Crippen LogP contribution in [-0.2, 0) is 4.74 Å². The maximum Gasteiger partial charge on any atom is 0.412 e. The molecule has 1 aromatic carbocycles. The second-order valence-electron chi connectivity index (χ2n) is 6.43. The normalized spacial score (nSPS) is 11.4. The number of nitrogens with one attached hydrogen (secondary N) is 1. The van der Waals surface area contributed by atoms with E-state index in [0.717, 1.165) is 0 Å². The molecule has 0 spiro atoms. The van der Waals surface area contributed by atoms with Crippen LogP contribution in [0.25, 0.3) is 4.96 Å². The van der Waals surface area contributed by atoms with Crippen molar-refractivity contribution >= 4 is 45.5 Å². The molecule has 0 unspecified atom stereocenters. The predicted octanol–water partition coefficient (Wildman–Crippen LogP) is 5.10. The van der Waals surface area contributed by atoms with Gasteiger partial charge in [-0.05, 0) is 43.9 Å². The second-order valence-corrected chi connectivity index (χ2v) is 7.71. The van der Waals surface area contributed by atoms with E-state index in [2.05, 4.69) is 10.3 Å². The SMILES string of the molecule is CC(C)(C)OC(=O)Nc1ccc(Oc2nc3sccn3c2[N+](=O)[O-])c(Cl)c1. The number of nitrogens with zero attached hydrogens (tertiary/aromatic N) is 3. The Morgan fingerprint density at radius 2 is 2.15 bits per heavy atom. The summed E-state index contributed by atoms with van der Waals surface area (Å²) in [5.74, 6) is -0.292. The number of hydrogen-bond acceptors (Lipinski definition) is 7. The van der Waals surface area contributed by atoms with Crippen molar-refractivity contribution in [3.63, 3.8) is 0 Å². The Labute approximate surface area is 162 Å². The Morgan fingerprint density at radius 3 is 2.78 bits per heavy atom. The van der Waals surface area contributed by atoms with Gasteiger partial charge in [0.05, 0.1) is 5.02 Å². The molecule has 0 atom stereocenters. The zero-order chi connectivity index (χ0) is 19.8. The van der Waals surface area contributed by atoms with Gasteiger partial charge in [0.1, 0.15) is 17.5 Å². The molecule has 1 amide bonds. The van der Waals surface area contributed by atoms with E-state index in [-0.39, 0.29) is 22.5 Å². The molecular weight excluding hydrogens is 396 g/mol. The third kappa shape index (κ3) is 4.29. The molecule has 2 heterocycles. The number of thiazole rings is 1. The first-order valence-electron chi connectivity index (χ1n) is 7.71. The van der Waals surface area contributed by atoms with Crippen LogP contribution >= 0.6 is 22.9 Å². The lowest BCUT2D eigenvalue weighted by Crippen LogP contribution is -2.27. The molecule has 0 aliphatic heterocycles. The van der Waals surface area contributed by atoms with E-state index in [0.29, 0.717) is 10.6 Å². The van der Waals surface area contributed by atoms with Crippen LogP contribution in [0.3, 0.4) is 0 Å². The van der Waals surface area contributed by atoms with Gasteiger partial charge in [-0.15, -0.1) is 0 Å². The first kappa shape index (κ1) is 18.9. The number of aromatic nitrogens is 2. The van der Waals surface area contributed by atoms with Crippen LogP contribution in [0.4, 0.5) is 16.3 Å². The highest BCUT2D eigenvalue weighted by atomic mass is 35.5. The molecule has 9 nitrogen and oxygen atoms in total. The van der Waals surface area contributed by atoms with Crippen molar-refractivity contribution in [2.24, 2.45) is 0 Å². The zero-order valence-corrected chi connectivity index (χ0v) is 16.1. The van der Waals surface area contributed by atoms with Crippen LogP contribution in [-0.4, -0.2) is 26.0 Å². The van der Waals surface area contributed by atoms with Crippen molar-refractivity contribution in [2.75, 3.05) is 5.32 Å². The first-order valence-corrected chi connectivity index (χ1v) is 8.97. The van der Waals surface area contributed by atoms with Gasteiger partial charge in [0.15, 0.2) is 0 Å². The standard InChI is InChI=1S/C16H15ClN4O5S/c1-16(2,3)26-15(22)18-9-4-5-11(10(17)8-9)25-12-13(21(23)24)20-6-7-27-14(20)19-12/h4-8H,1-3H3,(H,18,22). The summed E-state index contributed by atoms with van der Waals surface area (Å²) in [4.78, 5) is 27.1. The smallest absolute Gasteiger partial charge is 0.412 e. The number of halogens is 1. The molecule has 3 rings (SSSR count). The summed E-state index contributed by atoms with van der Waals surface area (Å²) in [5.41, 5.74) is -0.244. The van der Waals surface area contributed by atoms with E-state index < -0.39 is 16.6 Å². The van der Waals surface area contributed by atoms with Crippen LogP contribution in [0.2, 0.25) is 5.02 Å². The van der Waals surface area contributed by atoms with Crippen molar-refractivity contribution in [3.8, 4) is 11.6 Å². The topological polar surface area (TPSA) is 108 Å². The quantitative estimate of drug-likeness (QED) is 0.473. The minimum atomic E-state index is -0.635. The number of hydrogen-bond donors (Lipinski definition) is 1. The fourth-order valence-electron chi connectivity index (χ4n) is 2.18. The minimum absolute atomic E-state index is 0.147. The summed E-state index contributed by atoms with van der Waals surface area (Å²) in [6, 6.07) is 4.46. The largest absolute Gasteiger partial charge is 0.444 e. The van der Waals surface area contributed by atoms with Gasteiger partial charge in [-0.3, -0.25) is 5.32 Å². The molecule has 0 fully saturated rings. The third-order valence-corrected chi connectivity index (χ3v) is 4.21. The molecule has 3 aromatic rings. The number of ether oxygens (including phenoxy) is 2. The number of benzene rings is 1. The number of carbonyl (C=O) groups is 1. The van der Waals surface area contributed by atoms with Gasteiger partial charge in [-0.2, -0.15) is 9.38 Å². The van der Waals surface area contributed by atoms with E-state index in [1.165, 1.54) is 40.1 Å². The molecule has 0 aliphatic carbocycles. The van der Waals surface area contributed by atoms with Gasteiger partial charge in [-0.1, -0.05) is 22.9 Å². The summed E-state index contributed by atoms with van der Waals surface area (Å²) >= 11 is 7.42. The van der Waals surface area contributed by atoms with Crippen molar-refractivity contribution in [1.29, 1.82) is 0 Å². The Balaban J connectivity index is 1.81. The molecule has 0 aliphatic rings. The second kappa shape index (κ2) is 7.05. The molecule has 0 bridgehead atoms. The van der Waals surface area contributed by atoms with Crippen LogP contribution in [0.1, 0.15) is 20.8 Å². The van der Waals surface area contributed by atoms with Crippen LogP contribution in [0.15, 0.2) is 29.8 Å². The summed E-state index contributed by atoms with van der Waals surface area (Å²) in [7, 11) is 0. The lowest BCUT2D eigenvalue weighted by molar-refractivity contribution is -0.391. The van der Waals surface area contributed by atoms with E-state index >= 15 is 0 Å². The Bertz CT molecular complexity index is 1020. The number of fused-ring (bicyclic) bond motifs is 1. The van der Waals surface area contributed by atoms with E-state index in [1.54, 1.807) is 26.2 Å². The predicted molar refractivity (Wildman–Crippen MR) is 101 cm³/mol. The molecule has 1 N–H and O–H groups in total. The van der Waals surface area contributed by atoms with Crippen molar-refractivity contribution in [2.45, 2.75) is 26.4 Å². The number of carbonyl (C=O) groups excluding carboxylic acids is 1. The molecule has 0 radical (unpaired) electrons. The fourth-order valence-corrected chi connectivity index (χ4v) is 3.10. The Morgan fingerprint density at radius 1 is 1.41 bits per heavy atom. The Hall–Kier alpha value is -2.85. The van der Waals surface area contributed by atoms with Crippen molar-refractivity contribution in [3.05, 3.63) is 44.9 Å². The van der Waals surface area contributed by atoms with Crippen LogP contribution in [0.5, 0.6) is 11.6 Å². The van der Waals surface area contributed by atoms with E-state index in [9.17, 15) is 14.9 Å². The Kier molecular flexibility index (Phi) is 4.94. The van der Waals surface area contributed by atoms with E-state index in [1.807, 2.05) is 0 Å². The van der Waals surface area contributed by atoms with Gasteiger partial charge in [-0.25, -0.2) is 4.79 Å². The molecule has 142 valence electrons. The van der Waals surface area contributed by atoms with Gasteiger partial charge < -0.3 is 19.6 Å². The van der Waals surface area contributed by atoms with Crippen LogP contribution in [0, 0.1) is 10.1 Å². The fraction of sp³-hybridized carbons (Fsp3) is 0.250. The summed E-state index contributed by atoms with van der Waals surface area (Å²) < 4.78 is 12.0. The lowest BCUT2D eigenvalue weighted by atomic mass is 10.2. The summed E-state index contributed by atoms with van der Waals surface area (Å²) in [6.07, 6.45) is 0.908. The van der Waals surface area contributed by atoms with Gasteiger partial charge in [0, 0.05) is 11.1 Å². The average Bonchev–Trinajstić information content (AvgIpc) is 3.07. The highest BCUT2D eigenvalue weighted by molar-refractivity contribution is 7.15. The molecule has 11 heteroatoms. The minimum Gasteiger partial charge on any atom is -0.444 e. The number of rotatable bonds is 4. The lowest BCUT2D eigenvalue weighted by Gasteiger charge is -2.19.